The number of nitrogens with one attached hydrogen (secondary N) is 1. The second-order valence-corrected chi connectivity index (χ2v) is 3.40. The zero-order chi connectivity index (χ0) is 11.4. The van der Waals surface area contributed by atoms with Gasteiger partial charge >= 0.3 is 0 Å². The molecule has 0 aliphatic rings. The van der Waals surface area contributed by atoms with Crippen LogP contribution in [0.4, 0.5) is 5.82 Å². The summed E-state index contributed by atoms with van der Waals surface area (Å²) in [6.45, 7) is 2.32. The van der Waals surface area contributed by atoms with Gasteiger partial charge < -0.3 is 15.8 Å². The fraction of sp³-hybridized carbons (Fsp3) is 0.556. The zero-order valence-electron chi connectivity index (χ0n) is 9.15. The first-order valence-corrected chi connectivity index (χ1v) is 4.63. The van der Waals surface area contributed by atoms with Gasteiger partial charge in [-0.05, 0) is 6.92 Å². The summed E-state index contributed by atoms with van der Waals surface area (Å²) in [5, 5.41) is 6.64. The Morgan fingerprint density at radius 2 is 2.47 bits per heavy atom. The maximum absolute atomic E-state index is 11.7. The summed E-state index contributed by atoms with van der Waals surface area (Å²) < 4.78 is 6.36. The first-order chi connectivity index (χ1) is 7.06. The van der Waals surface area contributed by atoms with Crippen molar-refractivity contribution < 1.29 is 9.53 Å². The van der Waals surface area contributed by atoms with Crippen LogP contribution in [0.5, 0.6) is 0 Å². The molecule has 6 nitrogen and oxygen atoms in total. The Morgan fingerprint density at radius 1 is 1.80 bits per heavy atom. The van der Waals surface area contributed by atoms with Gasteiger partial charge in [0.05, 0.1) is 12.8 Å². The minimum absolute atomic E-state index is 0.0536. The van der Waals surface area contributed by atoms with Crippen molar-refractivity contribution >= 4 is 11.7 Å². The Morgan fingerprint density at radius 3 is 2.93 bits per heavy atom. The predicted molar refractivity (Wildman–Crippen MR) is 56.4 cm³/mol. The lowest BCUT2D eigenvalue weighted by Gasteiger charge is -2.11. The van der Waals surface area contributed by atoms with Crippen molar-refractivity contribution in [1.29, 1.82) is 0 Å². The van der Waals surface area contributed by atoms with Gasteiger partial charge in [-0.2, -0.15) is 5.10 Å². The molecule has 0 bridgehead atoms. The molecule has 0 saturated carbocycles. The van der Waals surface area contributed by atoms with Crippen molar-refractivity contribution in [3.63, 3.8) is 0 Å². The van der Waals surface area contributed by atoms with Gasteiger partial charge in [-0.25, -0.2) is 0 Å². The number of nitrogens with two attached hydrogens (primary N) is 1. The first-order valence-electron chi connectivity index (χ1n) is 4.63. The number of aryl methyl sites for hydroxylation is 1. The lowest BCUT2D eigenvalue weighted by molar-refractivity contribution is 0.0906. The fourth-order valence-corrected chi connectivity index (χ4v) is 1.22. The maximum Gasteiger partial charge on any atom is 0.256 e. The van der Waals surface area contributed by atoms with Crippen LogP contribution in [0.25, 0.3) is 0 Å². The SMILES string of the molecule is COCC(C)NC(=O)c1cnn(C)c1N. The Labute approximate surface area is 88.4 Å². The summed E-state index contributed by atoms with van der Waals surface area (Å²) in [6.07, 6.45) is 1.45. The monoisotopic (exact) mass is 212 g/mol. The summed E-state index contributed by atoms with van der Waals surface area (Å²) in [5.74, 6) is 0.127. The molecule has 84 valence electrons. The van der Waals surface area contributed by atoms with Crippen LogP contribution in [0.3, 0.4) is 0 Å². The van der Waals surface area contributed by atoms with E-state index in [0.717, 1.165) is 0 Å². The number of ether oxygens (including phenoxy) is 1. The van der Waals surface area contributed by atoms with Crippen molar-refractivity contribution in [1.82, 2.24) is 15.1 Å². The van der Waals surface area contributed by atoms with Crippen molar-refractivity contribution in [3.8, 4) is 0 Å². The second kappa shape index (κ2) is 4.79. The van der Waals surface area contributed by atoms with Crippen LogP contribution in [0.15, 0.2) is 6.20 Å². The number of hydrogen-bond donors (Lipinski definition) is 2. The number of carbonyl (C=O) groups excluding carboxylic acids is 1. The Balaban J connectivity index is 2.65. The average Bonchev–Trinajstić information content (AvgIpc) is 2.48. The quantitative estimate of drug-likeness (QED) is 0.722. The van der Waals surface area contributed by atoms with Gasteiger partial charge in [0.15, 0.2) is 0 Å². The molecule has 1 atom stereocenters. The number of anilines is 1. The van der Waals surface area contributed by atoms with Crippen molar-refractivity contribution in [2.24, 2.45) is 7.05 Å². The van der Waals surface area contributed by atoms with E-state index in [1.54, 1.807) is 14.2 Å². The number of methoxy groups -OCH3 is 1. The molecule has 1 rings (SSSR count). The van der Waals surface area contributed by atoms with Gasteiger partial charge in [-0.1, -0.05) is 0 Å². The normalized spacial score (nSPS) is 12.5. The summed E-state index contributed by atoms with van der Waals surface area (Å²) in [6, 6.07) is -0.0536. The molecular weight excluding hydrogens is 196 g/mol. The van der Waals surface area contributed by atoms with Gasteiger partial charge in [-0.15, -0.1) is 0 Å². The molecule has 15 heavy (non-hydrogen) atoms. The van der Waals surface area contributed by atoms with E-state index in [4.69, 9.17) is 10.5 Å². The fourth-order valence-electron chi connectivity index (χ4n) is 1.22. The highest BCUT2D eigenvalue weighted by Crippen LogP contribution is 2.08. The van der Waals surface area contributed by atoms with Gasteiger partial charge in [0.2, 0.25) is 0 Å². The van der Waals surface area contributed by atoms with Crippen LogP contribution >= 0.6 is 0 Å². The van der Waals surface area contributed by atoms with E-state index in [1.165, 1.54) is 10.9 Å². The molecule has 3 N–H and O–H groups in total. The van der Waals surface area contributed by atoms with Gasteiger partial charge in [-0.3, -0.25) is 9.48 Å². The molecule has 0 radical (unpaired) electrons. The predicted octanol–water partition coefficient (Wildman–Crippen LogP) is -0.233. The van der Waals surface area contributed by atoms with Crippen LogP contribution < -0.4 is 11.1 Å². The molecule has 0 aliphatic heterocycles. The molecule has 0 aliphatic carbocycles. The van der Waals surface area contributed by atoms with Crippen LogP contribution in [0.1, 0.15) is 17.3 Å². The molecule has 1 amide bonds. The summed E-state index contributed by atoms with van der Waals surface area (Å²) in [7, 11) is 3.27. The number of nitrogens with zero attached hydrogens (tertiary/aromatic N) is 2. The third-order valence-electron chi connectivity index (χ3n) is 2.02. The highest BCUT2D eigenvalue weighted by Gasteiger charge is 2.15. The number of aromatic nitrogens is 2. The molecule has 0 aromatic carbocycles. The third kappa shape index (κ3) is 2.69. The molecular formula is C9H16N4O2. The largest absolute Gasteiger partial charge is 0.383 e. The van der Waals surface area contributed by atoms with Gasteiger partial charge in [0.25, 0.3) is 5.91 Å². The number of nitrogen functional groups attached to an aromatic ring is 1. The standard InChI is InChI=1S/C9H16N4O2/c1-6(5-15-3)12-9(14)7-4-11-13(2)8(7)10/h4,6H,5,10H2,1-3H3,(H,12,14). The first kappa shape index (κ1) is 11.5. The number of rotatable bonds is 4. The van der Waals surface area contributed by atoms with Crippen LogP contribution in [-0.2, 0) is 11.8 Å². The Kier molecular flexibility index (Phi) is 3.68. The summed E-state index contributed by atoms with van der Waals surface area (Å²) >= 11 is 0. The number of hydrogen-bond acceptors (Lipinski definition) is 4. The summed E-state index contributed by atoms with van der Waals surface area (Å²) in [4.78, 5) is 11.7. The highest BCUT2D eigenvalue weighted by molar-refractivity contribution is 5.98. The smallest absolute Gasteiger partial charge is 0.256 e. The third-order valence-corrected chi connectivity index (χ3v) is 2.02. The van der Waals surface area contributed by atoms with Crippen molar-refractivity contribution in [3.05, 3.63) is 11.8 Å². The topological polar surface area (TPSA) is 82.2 Å². The van der Waals surface area contributed by atoms with Crippen molar-refractivity contribution in [2.75, 3.05) is 19.5 Å². The van der Waals surface area contributed by atoms with Gasteiger partial charge in [0.1, 0.15) is 11.4 Å². The molecule has 0 saturated heterocycles. The van der Waals surface area contributed by atoms with Crippen LogP contribution in [0.2, 0.25) is 0 Å². The molecule has 1 unspecified atom stereocenters. The van der Waals surface area contributed by atoms with E-state index >= 15 is 0 Å². The molecule has 1 heterocycles. The van der Waals surface area contributed by atoms with E-state index in [-0.39, 0.29) is 11.9 Å². The zero-order valence-corrected chi connectivity index (χ0v) is 9.15. The lowest BCUT2D eigenvalue weighted by Crippen LogP contribution is -2.35. The summed E-state index contributed by atoms with van der Waals surface area (Å²) in [5.41, 5.74) is 6.05. The molecule has 0 fully saturated rings. The average molecular weight is 212 g/mol. The van der Waals surface area contributed by atoms with E-state index in [9.17, 15) is 4.79 Å². The van der Waals surface area contributed by atoms with E-state index in [0.29, 0.717) is 18.0 Å². The Bertz CT molecular complexity index is 348. The van der Waals surface area contributed by atoms with E-state index in [2.05, 4.69) is 10.4 Å². The van der Waals surface area contributed by atoms with Crippen LogP contribution in [0, 0.1) is 0 Å². The number of amides is 1. The molecule has 6 heteroatoms. The van der Waals surface area contributed by atoms with Crippen molar-refractivity contribution in [2.45, 2.75) is 13.0 Å². The maximum atomic E-state index is 11.7. The lowest BCUT2D eigenvalue weighted by atomic mass is 10.2. The number of carbonyl (C=O) groups is 1. The second-order valence-electron chi connectivity index (χ2n) is 3.40. The molecule has 1 aromatic rings. The Hall–Kier alpha value is -1.56. The minimum Gasteiger partial charge on any atom is -0.383 e. The van der Waals surface area contributed by atoms with Gasteiger partial charge in [0, 0.05) is 20.2 Å². The van der Waals surface area contributed by atoms with E-state index < -0.39 is 0 Å². The minimum atomic E-state index is -0.231. The molecule has 0 spiro atoms. The van der Waals surface area contributed by atoms with E-state index in [1.807, 2.05) is 6.92 Å². The highest BCUT2D eigenvalue weighted by atomic mass is 16.5. The van der Waals surface area contributed by atoms with Crippen LogP contribution in [-0.4, -0.2) is 35.4 Å². The molecule has 1 aromatic heterocycles.